The summed E-state index contributed by atoms with van der Waals surface area (Å²) in [5.74, 6) is 0.798. The molecule has 3 N–H and O–H groups in total. The van der Waals surface area contributed by atoms with Crippen molar-refractivity contribution in [2.75, 3.05) is 6.54 Å². The van der Waals surface area contributed by atoms with Gasteiger partial charge in [0.15, 0.2) is 0 Å². The van der Waals surface area contributed by atoms with E-state index in [1.807, 2.05) is 0 Å². The van der Waals surface area contributed by atoms with Gasteiger partial charge in [-0.25, -0.2) is 0 Å². The summed E-state index contributed by atoms with van der Waals surface area (Å²) in [6.07, 6.45) is 2.38. The van der Waals surface area contributed by atoms with Crippen LogP contribution in [-0.4, -0.2) is 12.6 Å². The van der Waals surface area contributed by atoms with Crippen LogP contribution >= 0.6 is 0 Å². The molecule has 0 aromatic heterocycles. The number of nitrogens with two attached hydrogens (primary N) is 1. The Morgan fingerprint density at radius 3 is 2.17 bits per heavy atom. The van der Waals surface area contributed by atoms with Crippen molar-refractivity contribution in [3.8, 4) is 0 Å². The van der Waals surface area contributed by atoms with Crippen LogP contribution in [0.5, 0.6) is 0 Å². The molecule has 0 bridgehead atoms. The standard InChI is InChI=1S/C16H26N2/c1-10-5-11(2)13(4)16(12(10)3)9-18-8-14-6-15(17)7-14/h5,14-15,18H,6-9,17H2,1-4H3. The lowest BCUT2D eigenvalue weighted by molar-refractivity contribution is 0.256. The minimum Gasteiger partial charge on any atom is -0.328 e. The molecule has 1 fully saturated rings. The molecule has 0 unspecified atom stereocenters. The van der Waals surface area contributed by atoms with E-state index >= 15 is 0 Å². The molecule has 1 aliphatic carbocycles. The highest BCUT2D eigenvalue weighted by Crippen LogP contribution is 2.25. The first kappa shape index (κ1) is 13.6. The Bertz CT molecular complexity index is 405. The SMILES string of the molecule is Cc1cc(C)c(C)c(CNCC2CC(N)C2)c1C. The third-order valence-electron chi connectivity index (χ3n) is 4.53. The van der Waals surface area contributed by atoms with Crippen molar-refractivity contribution in [3.63, 3.8) is 0 Å². The maximum Gasteiger partial charge on any atom is 0.0211 e. The number of aryl methyl sites for hydroxylation is 2. The molecule has 0 saturated heterocycles. The molecule has 0 aliphatic heterocycles. The third-order valence-corrected chi connectivity index (χ3v) is 4.53. The minimum absolute atomic E-state index is 0.460. The molecule has 18 heavy (non-hydrogen) atoms. The van der Waals surface area contributed by atoms with Gasteiger partial charge in [-0.15, -0.1) is 0 Å². The van der Waals surface area contributed by atoms with E-state index in [2.05, 4.69) is 39.1 Å². The Labute approximate surface area is 111 Å². The van der Waals surface area contributed by atoms with Gasteiger partial charge in [-0.3, -0.25) is 0 Å². The van der Waals surface area contributed by atoms with Crippen LogP contribution in [0.4, 0.5) is 0 Å². The summed E-state index contributed by atoms with van der Waals surface area (Å²) < 4.78 is 0. The van der Waals surface area contributed by atoms with Gasteiger partial charge in [-0.2, -0.15) is 0 Å². The van der Waals surface area contributed by atoms with E-state index in [0.717, 1.165) is 19.0 Å². The molecule has 1 aliphatic rings. The predicted octanol–water partition coefficient (Wildman–Crippen LogP) is 2.75. The lowest BCUT2D eigenvalue weighted by Crippen LogP contribution is -2.41. The van der Waals surface area contributed by atoms with E-state index < -0.39 is 0 Å². The molecular weight excluding hydrogens is 220 g/mol. The molecule has 2 nitrogen and oxygen atoms in total. The molecule has 0 heterocycles. The summed E-state index contributed by atoms with van der Waals surface area (Å²) in [5.41, 5.74) is 13.0. The Morgan fingerprint density at radius 1 is 1.11 bits per heavy atom. The van der Waals surface area contributed by atoms with E-state index in [4.69, 9.17) is 5.73 Å². The zero-order valence-corrected chi connectivity index (χ0v) is 12.1. The number of nitrogens with one attached hydrogen (secondary N) is 1. The average Bonchev–Trinajstić information content (AvgIpc) is 2.28. The normalized spacial score (nSPS) is 22.9. The van der Waals surface area contributed by atoms with Gasteiger partial charge in [0, 0.05) is 12.6 Å². The van der Waals surface area contributed by atoms with Crippen LogP contribution in [0.3, 0.4) is 0 Å². The van der Waals surface area contributed by atoms with Crippen LogP contribution in [0, 0.1) is 33.6 Å². The fraction of sp³-hybridized carbons (Fsp3) is 0.625. The fourth-order valence-corrected chi connectivity index (χ4v) is 2.92. The molecule has 1 aromatic carbocycles. The van der Waals surface area contributed by atoms with E-state index in [0.29, 0.717) is 6.04 Å². The monoisotopic (exact) mass is 246 g/mol. The van der Waals surface area contributed by atoms with Crippen LogP contribution in [0.25, 0.3) is 0 Å². The van der Waals surface area contributed by atoms with Crippen LogP contribution in [0.15, 0.2) is 6.07 Å². The Hall–Kier alpha value is -0.860. The molecule has 1 saturated carbocycles. The molecule has 100 valence electrons. The number of hydrogen-bond donors (Lipinski definition) is 2. The second kappa shape index (κ2) is 5.41. The Balaban J connectivity index is 1.96. The van der Waals surface area contributed by atoms with Crippen LogP contribution in [0.2, 0.25) is 0 Å². The summed E-state index contributed by atoms with van der Waals surface area (Å²) >= 11 is 0. The van der Waals surface area contributed by atoms with Gasteiger partial charge in [0.1, 0.15) is 0 Å². The van der Waals surface area contributed by atoms with Crippen molar-refractivity contribution < 1.29 is 0 Å². The van der Waals surface area contributed by atoms with Gasteiger partial charge < -0.3 is 11.1 Å². The van der Waals surface area contributed by atoms with Crippen molar-refractivity contribution in [3.05, 3.63) is 33.9 Å². The summed E-state index contributed by atoms with van der Waals surface area (Å²) in [6, 6.07) is 2.75. The van der Waals surface area contributed by atoms with E-state index in [1.54, 1.807) is 0 Å². The lowest BCUT2D eigenvalue weighted by atomic mass is 9.81. The molecule has 1 aromatic rings. The van der Waals surface area contributed by atoms with Crippen molar-refractivity contribution in [2.45, 2.75) is 53.1 Å². The molecule has 0 spiro atoms. The first-order valence-corrected chi connectivity index (χ1v) is 7.01. The maximum absolute atomic E-state index is 5.81. The zero-order valence-electron chi connectivity index (χ0n) is 12.1. The van der Waals surface area contributed by atoms with Crippen molar-refractivity contribution in [1.82, 2.24) is 5.32 Å². The fourth-order valence-electron chi connectivity index (χ4n) is 2.92. The Morgan fingerprint density at radius 2 is 1.67 bits per heavy atom. The highest BCUT2D eigenvalue weighted by Gasteiger charge is 2.25. The van der Waals surface area contributed by atoms with Gasteiger partial charge in [0.25, 0.3) is 0 Å². The minimum atomic E-state index is 0.460. The topological polar surface area (TPSA) is 38.0 Å². The van der Waals surface area contributed by atoms with Crippen LogP contribution in [-0.2, 0) is 6.54 Å². The predicted molar refractivity (Wildman–Crippen MR) is 77.8 cm³/mol. The van der Waals surface area contributed by atoms with Gasteiger partial charge in [0.05, 0.1) is 0 Å². The molecule has 0 atom stereocenters. The van der Waals surface area contributed by atoms with Gasteiger partial charge in [-0.05, 0) is 80.8 Å². The maximum atomic E-state index is 5.81. The van der Waals surface area contributed by atoms with Crippen LogP contribution < -0.4 is 11.1 Å². The smallest absolute Gasteiger partial charge is 0.0211 e. The second-order valence-corrected chi connectivity index (χ2v) is 5.97. The van der Waals surface area contributed by atoms with E-state index in [1.165, 1.54) is 40.7 Å². The quantitative estimate of drug-likeness (QED) is 0.857. The molecule has 0 radical (unpaired) electrons. The highest BCUT2D eigenvalue weighted by atomic mass is 14.9. The molecular formula is C16H26N2. The average molecular weight is 246 g/mol. The van der Waals surface area contributed by atoms with E-state index in [9.17, 15) is 0 Å². The summed E-state index contributed by atoms with van der Waals surface area (Å²) in [4.78, 5) is 0. The number of hydrogen-bond acceptors (Lipinski definition) is 2. The number of benzene rings is 1. The first-order chi connectivity index (χ1) is 8.49. The van der Waals surface area contributed by atoms with Crippen molar-refractivity contribution in [1.29, 1.82) is 0 Å². The van der Waals surface area contributed by atoms with Crippen molar-refractivity contribution in [2.24, 2.45) is 11.7 Å². The van der Waals surface area contributed by atoms with Crippen LogP contribution in [0.1, 0.15) is 40.7 Å². The molecule has 2 heteroatoms. The third kappa shape index (κ3) is 2.76. The summed E-state index contributed by atoms with van der Waals surface area (Å²) in [7, 11) is 0. The van der Waals surface area contributed by atoms with Gasteiger partial charge >= 0.3 is 0 Å². The number of rotatable bonds is 4. The zero-order chi connectivity index (χ0) is 13.3. The second-order valence-electron chi connectivity index (χ2n) is 5.97. The van der Waals surface area contributed by atoms with Gasteiger partial charge in [-0.1, -0.05) is 6.07 Å². The first-order valence-electron chi connectivity index (χ1n) is 7.01. The lowest BCUT2D eigenvalue weighted by Gasteiger charge is -2.32. The summed E-state index contributed by atoms with van der Waals surface area (Å²) in [6.45, 7) is 11.0. The molecule has 0 amide bonds. The van der Waals surface area contributed by atoms with E-state index in [-0.39, 0.29) is 0 Å². The van der Waals surface area contributed by atoms with Gasteiger partial charge in [0.2, 0.25) is 0 Å². The Kier molecular flexibility index (Phi) is 4.08. The summed E-state index contributed by atoms with van der Waals surface area (Å²) in [5, 5.41) is 3.60. The molecule has 2 rings (SSSR count). The largest absolute Gasteiger partial charge is 0.328 e. The van der Waals surface area contributed by atoms with Crippen molar-refractivity contribution >= 4 is 0 Å². The highest BCUT2D eigenvalue weighted by molar-refractivity contribution is 5.43.